The molecule has 0 atom stereocenters. The molecule has 0 radical (unpaired) electrons. The summed E-state index contributed by atoms with van der Waals surface area (Å²) in [6.45, 7) is 13.8. The van der Waals surface area contributed by atoms with E-state index in [0.717, 1.165) is 51.9 Å². The smallest absolute Gasteiger partial charge is 0.327 e. The largest absolute Gasteiger partial charge is 0.385 e. The SMILES string of the molecule is CCN1CC(=O)N(C(C)(C)CCCCOCCCCC(C)(C)CCCCOC)C1=O. The summed E-state index contributed by atoms with van der Waals surface area (Å²) >= 11 is 0. The number of unbranched alkanes of at least 4 members (excludes halogenated alkanes) is 3. The molecule has 6 heteroatoms. The Morgan fingerprint density at radius 3 is 1.87 bits per heavy atom. The van der Waals surface area contributed by atoms with Crippen LogP contribution in [0.15, 0.2) is 0 Å². The van der Waals surface area contributed by atoms with Crippen LogP contribution in [0.4, 0.5) is 4.79 Å². The number of ether oxygens (including phenoxy) is 2. The van der Waals surface area contributed by atoms with E-state index in [2.05, 4.69) is 13.8 Å². The lowest BCUT2D eigenvalue weighted by atomic mass is 9.82. The van der Waals surface area contributed by atoms with Crippen LogP contribution >= 0.6 is 0 Å². The van der Waals surface area contributed by atoms with Gasteiger partial charge >= 0.3 is 6.03 Å². The van der Waals surface area contributed by atoms with Crippen LogP contribution in [0.5, 0.6) is 0 Å². The van der Waals surface area contributed by atoms with Crippen LogP contribution in [0.1, 0.15) is 92.4 Å². The molecule has 1 aliphatic rings. The lowest BCUT2D eigenvalue weighted by Crippen LogP contribution is -2.48. The maximum atomic E-state index is 12.4. The van der Waals surface area contributed by atoms with Crippen molar-refractivity contribution in [3.05, 3.63) is 0 Å². The number of carbonyl (C=O) groups is 2. The van der Waals surface area contributed by atoms with Gasteiger partial charge in [0, 0.05) is 39.0 Å². The summed E-state index contributed by atoms with van der Waals surface area (Å²) in [4.78, 5) is 27.7. The van der Waals surface area contributed by atoms with E-state index in [9.17, 15) is 9.59 Å². The van der Waals surface area contributed by atoms with Crippen molar-refractivity contribution >= 4 is 11.9 Å². The fourth-order valence-electron chi connectivity index (χ4n) is 4.15. The summed E-state index contributed by atoms with van der Waals surface area (Å²) < 4.78 is 10.9. The Morgan fingerprint density at radius 2 is 1.37 bits per heavy atom. The van der Waals surface area contributed by atoms with Crippen molar-refractivity contribution in [3.63, 3.8) is 0 Å². The van der Waals surface area contributed by atoms with E-state index in [-0.39, 0.29) is 18.5 Å². The van der Waals surface area contributed by atoms with Gasteiger partial charge in [-0.3, -0.25) is 9.69 Å². The zero-order chi connectivity index (χ0) is 22.6. The number of amides is 3. The highest BCUT2D eigenvalue weighted by Gasteiger charge is 2.43. The molecule has 0 saturated carbocycles. The molecule has 1 rings (SSSR count). The summed E-state index contributed by atoms with van der Waals surface area (Å²) in [5.41, 5.74) is -0.0377. The van der Waals surface area contributed by atoms with Crippen LogP contribution in [0.2, 0.25) is 0 Å². The van der Waals surface area contributed by atoms with E-state index in [1.54, 1.807) is 12.0 Å². The van der Waals surface area contributed by atoms with E-state index < -0.39 is 5.54 Å². The Balaban J connectivity index is 2.10. The molecule has 176 valence electrons. The van der Waals surface area contributed by atoms with Gasteiger partial charge in [-0.1, -0.05) is 26.7 Å². The van der Waals surface area contributed by atoms with E-state index in [0.29, 0.717) is 12.0 Å². The van der Waals surface area contributed by atoms with Crippen molar-refractivity contribution in [2.45, 2.75) is 97.9 Å². The van der Waals surface area contributed by atoms with Gasteiger partial charge in [-0.2, -0.15) is 0 Å². The minimum atomic E-state index is -0.438. The first-order valence-electron chi connectivity index (χ1n) is 11.8. The third-order valence-electron chi connectivity index (χ3n) is 6.20. The van der Waals surface area contributed by atoms with Crippen LogP contribution < -0.4 is 0 Å². The lowest BCUT2D eigenvalue weighted by molar-refractivity contribution is -0.129. The number of hydrogen-bond acceptors (Lipinski definition) is 4. The Hall–Kier alpha value is -1.14. The van der Waals surface area contributed by atoms with Gasteiger partial charge in [-0.25, -0.2) is 4.79 Å². The number of nitrogens with zero attached hydrogens (tertiary/aromatic N) is 2. The zero-order valence-electron chi connectivity index (χ0n) is 20.4. The normalized spacial score (nSPS) is 15.5. The van der Waals surface area contributed by atoms with E-state index in [4.69, 9.17) is 9.47 Å². The van der Waals surface area contributed by atoms with Gasteiger partial charge < -0.3 is 14.4 Å². The van der Waals surface area contributed by atoms with Gasteiger partial charge in [0.2, 0.25) is 0 Å². The Morgan fingerprint density at radius 1 is 0.833 bits per heavy atom. The first-order valence-corrected chi connectivity index (χ1v) is 11.8. The molecule has 1 saturated heterocycles. The fourth-order valence-corrected chi connectivity index (χ4v) is 4.15. The maximum Gasteiger partial charge on any atom is 0.327 e. The van der Waals surface area contributed by atoms with Gasteiger partial charge in [0.1, 0.15) is 6.54 Å². The Kier molecular flexibility index (Phi) is 11.9. The predicted octanol–water partition coefficient (Wildman–Crippen LogP) is 5.25. The number of imide groups is 1. The second-order valence-electron chi connectivity index (χ2n) is 9.98. The summed E-state index contributed by atoms with van der Waals surface area (Å²) in [7, 11) is 1.77. The summed E-state index contributed by atoms with van der Waals surface area (Å²) in [6.07, 6.45) is 9.91. The molecule has 1 fully saturated rings. The molecule has 6 nitrogen and oxygen atoms in total. The van der Waals surface area contributed by atoms with Crippen LogP contribution in [-0.2, 0) is 14.3 Å². The molecule has 0 bridgehead atoms. The lowest BCUT2D eigenvalue weighted by Gasteiger charge is -2.33. The molecule has 0 aromatic rings. The molecule has 0 N–H and O–H groups in total. The summed E-state index contributed by atoms with van der Waals surface area (Å²) in [5, 5.41) is 0. The highest BCUT2D eigenvalue weighted by Crippen LogP contribution is 2.30. The Labute approximate surface area is 184 Å². The number of urea groups is 1. The first kappa shape index (κ1) is 26.9. The van der Waals surface area contributed by atoms with Gasteiger partial charge in [0.15, 0.2) is 0 Å². The second kappa shape index (κ2) is 13.3. The molecule has 1 aliphatic heterocycles. The molecule has 0 unspecified atom stereocenters. The summed E-state index contributed by atoms with van der Waals surface area (Å²) in [6, 6.07) is -0.148. The van der Waals surface area contributed by atoms with Crippen LogP contribution in [0.25, 0.3) is 0 Å². The maximum absolute atomic E-state index is 12.4. The summed E-state index contributed by atoms with van der Waals surface area (Å²) in [5.74, 6) is -0.0790. The third kappa shape index (κ3) is 9.34. The molecule has 0 spiro atoms. The quantitative estimate of drug-likeness (QED) is 0.235. The molecule has 0 aromatic carbocycles. The standard InChI is InChI=1S/C24H46N2O4/c1-7-25-20-21(27)26(22(25)28)24(4,5)16-10-13-19-30-18-12-9-15-23(2,3)14-8-11-17-29-6/h7-20H2,1-6H3. The molecule has 0 aliphatic carbocycles. The number of likely N-dealkylation sites (N-methyl/N-ethyl adjacent to an activating group) is 1. The molecule has 3 amide bonds. The van der Waals surface area contributed by atoms with Crippen molar-refractivity contribution in [1.82, 2.24) is 9.80 Å². The number of carbonyl (C=O) groups excluding carboxylic acids is 2. The monoisotopic (exact) mass is 426 g/mol. The molecule has 1 heterocycles. The minimum Gasteiger partial charge on any atom is -0.385 e. The van der Waals surface area contributed by atoms with E-state index in [1.807, 2.05) is 20.8 Å². The average Bonchev–Trinajstić information content (AvgIpc) is 2.98. The minimum absolute atomic E-state index is 0.0790. The fraction of sp³-hybridized carbons (Fsp3) is 0.917. The van der Waals surface area contributed by atoms with Crippen molar-refractivity contribution < 1.29 is 19.1 Å². The number of rotatable bonds is 17. The first-order chi connectivity index (χ1) is 14.1. The van der Waals surface area contributed by atoms with Gasteiger partial charge in [-0.05, 0) is 71.1 Å². The highest BCUT2D eigenvalue weighted by atomic mass is 16.5. The molecule has 30 heavy (non-hydrogen) atoms. The van der Waals surface area contributed by atoms with Crippen molar-refractivity contribution in [1.29, 1.82) is 0 Å². The highest BCUT2D eigenvalue weighted by molar-refractivity contribution is 6.02. The third-order valence-corrected chi connectivity index (χ3v) is 6.20. The number of hydrogen-bond donors (Lipinski definition) is 0. The zero-order valence-corrected chi connectivity index (χ0v) is 20.4. The van der Waals surface area contributed by atoms with Gasteiger partial charge in [0.25, 0.3) is 5.91 Å². The second-order valence-corrected chi connectivity index (χ2v) is 9.98. The molecule has 0 aromatic heterocycles. The van der Waals surface area contributed by atoms with E-state index >= 15 is 0 Å². The molecular weight excluding hydrogens is 380 g/mol. The van der Waals surface area contributed by atoms with Crippen LogP contribution in [0.3, 0.4) is 0 Å². The van der Waals surface area contributed by atoms with Crippen LogP contribution in [0, 0.1) is 5.41 Å². The van der Waals surface area contributed by atoms with Crippen molar-refractivity contribution in [3.8, 4) is 0 Å². The van der Waals surface area contributed by atoms with Gasteiger partial charge in [0.05, 0.1) is 0 Å². The van der Waals surface area contributed by atoms with Crippen molar-refractivity contribution in [2.75, 3.05) is 40.0 Å². The average molecular weight is 427 g/mol. The topological polar surface area (TPSA) is 59.1 Å². The van der Waals surface area contributed by atoms with Gasteiger partial charge in [-0.15, -0.1) is 0 Å². The van der Waals surface area contributed by atoms with Crippen molar-refractivity contribution in [2.24, 2.45) is 5.41 Å². The Bertz CT molecular complexity index is 519. The molecular formula is C24H46N2O4. The van der Waals surface area contributed by atoms with Crippen LogP contribution in [-0.4, -0.2) is 67.3 Å². The van der Waals surface area contributed by atoms with E-state index in [1.165, 1.54) is 30.6 Å². The number of methoxy groups -OCH3 is 1. The predicted molar refractivity (Wildman–Crippen MR) is 122 cm³/mol.